The van der Waals surface area contributed by atoms with Gasteiger partial charge in [0.2, 0.25) is 5.95 Å². The third kappa shape index (κ3) is 5.34. The molecule has 0 bridgehead atoms. The van der Waals surface area contributed by atoms with Gasteiger partial charge in [-0.2, -0.15) is 4.39 Å². The molecule has 0 aliphatic carbocycles. The number of hydrogen-bond donors (Lipinski definition) is 0. The quantitative estimate of drug-likeness (QED) is 0.738. The first-order valence-corrected chi connectivity index (χ1v) is 6.46. The molecule has 106 valence electrons. The number of carbonyl (C=O) groups is 1. The van der Waals surface area contributed by atoms with Gasteiger partial charge in [0.1, 0.15) is 5.69 Å². The second-order valence-corrected chi connectivity index (χ2v) is 5.29. The van der Waals surface area contributed by atoms with Crippen LogP contribution in [-0.4, -0.2) is 54.4 Å². The Morgan fingerprint density at radius 3 is 2.53 bits per heavy atom. The molecule has 0 saturated heterocycles. The Hall–Kier alpha value is -1.49. The van der Waals surface area contributed by atoms with Crippen LogP contribution in [0, 0.1) is 11.9 Å². The summed E-state index contributed by atoms with van der Waals surface area (Å²) in [6, 6.07) is 4.30. The lowest BCUT2D eigenvalue weighted by molar-refractivity contribution is 0.0717. The van der Waals surface area contributed by atoms with Crippen molar-refractivity contribution in [3.05, 3.63) is 29.8 Å². The van der Waals surface area contributed by atoms with Crippen molar-refractivity contribution in [3.63, 3.8) is 0 Å². The number of halogens is 1. The summed E-state index contributed by atoms with van der Waals surface area (Å²) in [7, 11) is 3.91. The molecular weight excluding hydrogens is 245 g/mol. The molecule has 4 nitrogen and oxygen atoms in total. The lowest BCUT2D eigenvalue weighted by Gasteiger charge is -2.25. The smallest absolute Gasteiger partial charge is 0.272 e. The van der Waals surface area contributed by atoms with Crippen molar-refractivity contribution in [1.82, 2.24) is 14.8 Å². The fraction of sp³-hybridized carbons (Fsp3) is 0.571. The summed E-state index contributed by atoms with van der Waals surface area (Å²) >= 11 is 0. The van der Waals surface area contributed by atoms with Crippen LogP contribution in [0.2, 0.25) is 0 Å². The van der Waals surface area contributed by atoms with Crippen molar-refractivity contribution in [2.24, 2.45) is 5.92 Å². The lowest BCUT2D eigenvalue weighted by atomic mass is 10.2. The number of carbonyl (C=O) groups excluding carboxylic acids is 1. The maximum absolute atomic E-state index is 13.1. The average molecular weight is 267 g/mol. The van der Waals surface area contributed by atoms with Crippen molar-refractivity contribution in [2.45, 2.75) is 13.8 Å². The fourth-order valence-corrected chi connectivity index (χ4v) is 1.73. The molecule has 0 aliphatic rings. The molecule has 0 atom stereocenters. The van der Waals surface area contributed by atoms with E-state index in [0.29, 0.717) is 19.0 Å². The minimum atomic E-state index is -0.622. The predicted octanol–water partition coefficient (Wildman–Crippen LogP) is 1.88. The Bertz CT molecular complexity index is 421. The van der Waals surface area contributed by atoms with Crippen LogP contribution in [0.3, 0.4) is 0 Å². The first kappa shape index (κ1) is 15.6. The Morgan fingerprint density at radius 1 is 1.32 bits per heavy atom. The summed E-state index contributed by atoms with van der Waals surface area (Å²) < 4.78 is 13.1. The zero-order chi connectivity index (χ0) is 14.4. The van der Waals surface area contributed by atoms with Crippen molar-refractivity contribution in [3.8, 4) is 0 Å². The third-order valence-electron chi connectivity index (χ3n) is 2.62. The van der Waals surface area contributed by atoms with E-state index in [9.17, 15) is 9.18 Å². The molecule has 0 radical (unpaired) electrons. The van der Waals surface area contributed by atoms with Gasteiger partial charge in [0, 0.05) is 19.6 Å². The highest BCUT2D eigenvalue weighted by atomic mass is 19.1. The molecule has 5 heteroatoms. The van der Waals surface area contributed by atoms with Gasteiger partial charge in [-0.1, -0.05) is 19.9 Å². The van der Waals surface area contributed by atoms with Gasteiger partial charge in [0.25, 0.3) is 5.91 Å². The number of hydrogen-bond acceptors (Lipinski definition) is 3. The van der Waals surface area contributed by atoms with Crippen LogP contribution in [0.25, 0.3) is 0 Å². The molecule has 0 aromatic carbocycles. The van der Waals surface area contributed by atoms with E-state index < -0.39 is 5.95 Å². The number of aromatic nitrogens is 1. The Kier molecular flexibility index (Phi) is 5.89. The van der Waals surface area contributed by atoms with E-state index in [-0.39, 0.29) is 11.6 Å². The van der Waals surface area contributed by atoms with Gasteiger partial charge in [0.05, 0.1) is 0 Å². The highest BCUT2D eigenvalue weighted by Gasteiger charge is 2.18. The Balaban J connectivity index is 2.81. The molecule has 1 aromatic rings. The molecule has 0 saturated carbocycles. The van der Waals surface area contributed by atoms with Gasteiger partial charge in [-0.05, 0) is 32.1 Å². The summed E-state index contributed by atoms with van der Waals surface area (Å²) in [5, 5.41) is 0. The van der Waals surface area contributed by atoms with Gasteiger partial charge in [-0.3, -0.25) is 4.79 Å². The topological polar surface area (TPSA) is 36.4 Å². The number of pyridine rings is 1. The average Bonchev–Trinajstić information content (AvgIpc) is 2.33. The maximum atomic E-state index is 13.1. The summed E-state index contributed by atoms with van der Waals surface area (Å²) in [5.41, 5.74) is 0.166. The van der Waals surface area contributed by atoms with Crippen LogP contribution >= 0.6 is 0 Å². The van der Waals surface area contributed by atoms with Gasteiger partial charge >= 0.3 is 0 Å². The van der Waals surface area contributed by atoms with Gasteiger partial charge < -0.3 is 9.80 Å². The SMILES string of the molecule is CC(C)CN(CCN(C)C)C(=O)c1cccc(F)n1. The van der Waals surface area contributed by atoms with E-state index in [4.69, 9.17) is 0 Å². The van der Waals surface area contributed by atoms with E-state index in [2.05, 4.69) is 18.8 Å². The first-order valence-electron chi connectivity index (χ1n) is 6.46. The van der Waals surface area contributed by atoms with Crippen LogP contribution in [-0.2, 0) is 0 Å². The molecule has 0 spiro atoms. The van der Waals surface area contributed by atoms with Crippen molar-refractivity contribution in [2.75, 3.05) is 33.7 Å². The second kappa shape index (κ2) is 7.19. The van der Waals surface area contributed by atoms with E-state index >= 15 is 0 Å². The molecule has 1 heterocycles. The fourth-order valence-electron chi connectivity index (χ4n) is 1.73. The van der Waals surface area contributed by atoms with Gasteiger partial charge in [-0.25, -0.2) is 4.98 Å². The van der Waals surface area contributed by atoms with Crippen LogP contribution in [0.4, 0.5) is 4.39 Å². The lowest BCUT2D eigenvalue weighted by Crippen LogP contribution is -2.39. The minimum absolute atomic E-state index is 0.166. The molecule has 0 fully saturated rings. The predicted molar refractivity (Wildman–Crippen MR) is 73.5 cm³/mol. The molecule has 19 heavy (non-hydrogen) atoms. The largest absolute Gasteiger partial charge is 0.336 e. The van der Waals surface area contributed by atoms with E-state index in [1.54, 1.807) is 11.0 Å². The highest BCUT2D eigenvalue weighted by molar-refractivity contribution is 5.92. The number of nitrogens with zero attached hydrogens (tertiary/aromatic N) is 3. The number of amides is 1. The van der Waals surface area contributed by atoms with Crippen LogP contribution in [0.5, 0.6) is 0 Å². The highest BCUT2D eigenvalue weighted by Crippen LogP contribution is 2.06. The maximum Gasteiger partial charge on any atom is 0.272 e. The number of rotatable bonds is 6. The molecule has 1 rings (SSSR count). The van der Waals surface area contributed by atoms with Crippen molar-refractivity contribution < 1.29 is 9.18 Å². The number of likely N-dealkylation sites (N-methyl/N-ethyl adjacent to an activating group) is 1. The van der Waals surface area contributed by atoms with E-state index in [1.165, 1.54) is 12.1 Å². The Labute approximate surface area is 114 Å². The second-order valence-electron chi connectivity index (χ2n) is 5.29. The van der Waals surface area contributed by atoms with Gasteiger partial charge in [-0.15, -0.1) is 0 Å². The third-order valence-corrected chi connectivity index (χ3v) is 2.62. The molecule has 0 aliphatic heterocycles. The normalized spacial score (nSPS) is 11.1. The summed E-state index contributed by atoms with van der Waals surface area (Å²) in [5.74, 6) is -0.474. The standard InChI is InChI=1S/C14H22FN3O/c1-11(2)10-18(9-8-17(3)4)14(19)12-6-5-7-13(15)16-12/h5-7,11H,8-10H2,1-4H3. The van der Waals surface area contributed by atoms with Crippen LogP contribution in [0.1, 0.15) is 24.3 Å². The minimum Gasteiger partial charge on any atom is -0.336 e. The van der Waals surface area contributed by atoms with Gasteiger partial charge in [0.15, 0.2) is 0 Å². The van der Waals surface area contributed by atoms with Crippen molar-refractivity contribution >= 4 is 5.91 Å². The zero-order valence-electron chi connectivity index (χ0n) is 12.1. The molecule has 1 amide bonds. The van der Waals surface area contributed by atoms with E-state index in [1.807, 2.05) is 19.0 Å². The Morgan fingerprint density at radius 2 is 2.00 bits per heavy atom. The zero-order valence-corrected chi connectivity index (χ0v) is 12.1. The molecule has 1 aromatic heterocycles. The molecular formula is C14H22FN3O. The van der Waals surface area contributed by atoms with Crippen LogP contribution in [0.15, 0.2) is 18.2 Å². The van der Waals surface area contributed by atoms with Crippen molar-refractivity contribution in [1.29, 1.82) is 0 Å². The molecule has 0 unspecified atom stereocenters. The first-order chi connectivity index (χ1) is 8.90. The summed E-state index contributed by atoms with van der Waals surface area (Å²) in [4.78, 5) is 19.7. The summed E-state index contributed by atoms with van der Waals surface area (Å²) in [6.45, 7) is 6.13. The monoisotopic (exact) mass is 267 g/mol. The van der Waals surface area contributed by atoms with E-state index in [0.717, 1.165) is 6.54 Å². The van der Waals surface area contributed by atoms with Crippen LogP contribution < -0.4 is 0 Å². The summed E-state index contributed by atoms with van der Waals surface area (Å²) in [6.07, 6.45) is 0. The molecule has 0 N–H and O–H groups in total.